The normalized spacial score (nSPS) is 14.9. The van der Waals surface area contributed by atoms with Crippen LogP contribution in [0, 0.1) is 13.8 Å². The first-order valence-electron chi connectivity index (χ1n) is 8.14. The highest BCUT2D eigenvalue weighted by molar-refractivity contribution is 5.93. The average molecular weight is 322 g/mol. The molecule has 2 rings (SSSR count). The van der Waals surface area contributed by atoms with Crippen molar-refractivity contribution in [2.45, 2.75) is 33.6 Å². The smallest absolute Gasteiger partial charge is 0.340 e. The molecule has 1 saturated heterocycles. The summed E-state index contributed by atoms with van der Waals surface area (Å²) >= 11 is 0. The SMILES string of the molecule is CCOC(=O)c1c(C)c(CCC(=O)N2CCOCC2)n(C)c1C. The molecule has 23 heavy (non-hydrogen) atoms. The zero-order valence-electron chi connectivity index (χ0n) is 14.5. The summed E-state index contributed by atoms with van der Waals surface area (Å²) in [5, 5.41) is 0. The largest absolute Gasteiger partial charge is 0.462 e. The number of carbonyl (C=O) groups is 2. The molecule has 6 nitrogen and oxygen atoms in total. The molecular weight excluding hydrogens is 296 g/mol. The maximum atomic E-state index is 12.3. The lowest BCUT2D eigenvalue weighted by Crippen LogP contribution is -2.40. The maximum absolute atomic E-state index is 12.3. The number of esters is 1. The number of hydrogen-bond donors (Lipinski definition) is 0. The number of rotatable bonds is 5. The quantitative estimate of drug-likeness (QED) is 0.773. The predicted octanol–water partition coefficient (Wildman–Crippen LogP) is 1.61. The molecule has 1 fully saturated rings. The Morgan fingerprint density at radius 3 is 2.48 bits per heavy atom. The summed E-state index contributed by atoms with van der Waals surface area (Å²) in [5.41, 5.74) is 3.45. The highest BCUT2D eigenvalue weighted by atomic mass is 16.5. The van der Waals surface area contributed by atoms with Gasteiger partial charge in [0, 0.05) is 37.9 Å². The molecule has 2 heterocycles. The van der Waals surface area contributed by atoms with Crippen LogP contribution < -0.4 is 0 Å². The van der Waals surface area contributed by atoms with Gasteiger partial charge < -0.3 is 18.9 Å². The second-order valence-corrected chi connectivity index (χ2v) is 5.80. The van der Waals surface area contributed by atoms with Crippen LogP contribution in [-0.4, -0.2) is 54.3 Å². The summed E-state index contributed by atoms with van der Waals surface area (Å²) in [6.45, 7) is 8.55. The average Bonchev–Trinajstić information content (AvgIpc) is 2.76. The second kappa shape index (κ2) is 7.64. The molecule has 0 atom stereocenters. The predicted molar refractivity (Wildman–Crippen MR) is 86.6 cm³/mol. The van der Waals surface area contributed by atoms with Crippen LogP contribution in [0.25, 0.3) is 0 Å². The van der Waals surface area contributed by atoms with Crippen LogP contribution in [0.1, 0.15) is 40.7 Å². The van der Waals surface area contributed by atoms with Crippen LogP contribution in [0.5, 0.6) is 0 Å². The summed E-state index contributed by atoms with van der Waals surface area (Å²) in [7, 11) is 1.93. The number of carbonyl (C=O) groups excluding carboxylic acids is 2. The third-order valence-electron chi connectivity index (χ3n) is 4.50. The van der Waals surface area contributed by atoms with Crippen molar-refractivity contribution in [3.8, 4) is 0 Å². The van der Waals surface area contributed by atoms with E-state index in [0.29, 0.717) is 51.3 Å². The van der Waals surface area contributed by atoms with Gasteiger partial charge in [-0.25, -0.2) is 4.79 Å². The van der Waals surface area contributed by atoms with Crippen molar-refractivity contribution in [1.29, 1.82) is 0 Å². The van der Waals surface area contributed by atoms with Gasteiger partial charge in [-0.1, -0.05) is 0 Å². The van der Waals surface area contributed by atoms with Gasteiger partial charge in [-0.3, -0.25) is 4.79 Å². The summed E-state index contributed by atoms with van der Waals surface area (Å²) in [4.78, 5) is 26.3. The monoisotopic (exact) mass is 322 g/mol. The Balaban J connectivity index is 2.09. The minimum absolute atomic E-state index is 0.143. The number of aromatic nitrogens is 1. The van der Waals surface area contributed by atoms with Gasteiger partial charge in [0.25, 0.3) is 0 Å². The molecular formula is C17H26N2O4. The van der Waals surface area contributed by atoms with Gasteiger partial charge in [-0.05, 0) is 32.8 Å². The molecule has 0 aliphatic carbocycles. The van der Waals surface area contributed by atoms with E-state index in [1.165, 1.54) is 0 Å². The van der Waals surface area contributed by atoms with Crippen molar-refractivity contribution in [2.24, 2.45) is 7.05 Å². The number of amides is 1. The minimum atomic E-state index is -0.288. The molecule has 6 heteroatoms. The molecule has 0 N–H and O–H groups in total. The van der Waals surface area contributed by atoms with Crippen LogP contribution in [0.3, 0.4) is 0 Å². The standard InChI is InChI=1S/C17H26N2O4/c1-5-23-17(21)16-12(2)14(18(4)13(16)3)6-7-15(20)19-8-10-22-11-9-19/h5-11H2,1-4H3. The van der Waals surface area contributed by atoms with E-state index >= 15 is 0 Å². The van der Waals surface area contributed by atoms with Gasteiger partial charge in [0.2, 0.25) is 5.91 Å². The van der Waals surface area contributed by atoms with Crippen molar-refractivity contribution in [1.82, 2.24) is 9.47 Å². The highest BCUT2D eigenvalue weighted by Crippen LogP contribution is 2.23. The lowest BCUT2D eigenvalue weighted by molar-refractivity contribution is -0.135. The van der Waals surface area contributed by atoms with Crippen LogP contribution in [0.2, 0.25) is 0 Å². The van der Waals surface area contributed by atoms with Crippen molar-refractivity contribution in [2.75, 3.05) is 32.9 Å². The Kier molecular flexibility index (Phi) is 5.82. The molecule has 128 valence electrons. The Hall–Kier alpha value is -1.82. The number of morpholine rings is 1. The fourth-order valence-corrected chi connectivity index (χ4v) is 3.09. The first-order chi connectivity index (χ1) is 11.0. The fourth-order valence-electron chi connectivity index (χ4n) is 3.09. The number of hydrogen-bond acceptors (Lipinski definition) is 4. The van der Waals surface area contributed by atoms with Gasteiger partial charge in [0.05, 0.1) is 25.4 Å². The van der Waals surface area contributed by atoms with E-state index in [1.54, 1.807) is 6.92 Å². The molecule has 1 aromatic heterocycles. The highest BCUT2D eigenvalue weighted by Gasteiger charge is 2.23. The lowest BCUT2D eigenvalue weighted by Gasteiger charge is -2.26. The van der Waals surface area contributed by atoms with Crippen LogP contribution in [-0.2, 0) is 27.7 Å². The Bertz CT molecular complexity index is 586. The number of nitrogens with zero attached hydrogens (tertiary/aromatic N) is 2. The number of ether oxygens (including phenoxy) is 2. The van der Waals surface area contributed by atoms with E-state index in [9.17, 15) is 9.59 Å². The van der Waals surface area contributed by atoms with Crippen molar-refractivity contribution in [3.05, 3.63) is 22.5 Å². The van der Waals surface area contributed by atoms with Crippen LogP contribution >= 0.6 is 0 Å². The fraction of sp³-hybridized carbons (Fsp3) is 0.647. The zero-order chi connectivity index (χ0) is 17.0. The Morgan fingerprint density at radius 2 is 1.87 bits per heavy atom. The van der Waals surface area contributed by atoms with E-state index in [1.807, 2.05) is 30.4 Å². The Labute approximate surface area is 137 Å². The Morgan fingerprint density at radius 1 is 1.22 bits per heavy atom. The third-order valence-corrected chi connectivity index (χ3v) is 4.50. The zero-order valence-corrected chi connectivity index (χ0v) is 14.5. The summed E-state index contributed by atoms with van der Waals surface area (Å²) in [5.74, 6) is -0.145. The topological polar surface area (TPSA) is 60.8 Å². The van der Waals surface area contributed by atoms with Crippen molar-refractivity contribution in [3.63, 3.8) is 0 Å². The van der Waals surface area contributed by atoms with E-state index in [2.05, 4.69) is 0 Å². The van der Waals surface area contributed by atoms with E-state index in [4.69, 9.17) is 9.47 Å². The first-order valence-corrected chi connectivity index (χ1v) is 8.14. The van der Waals surface area contributed by atoms with E-state index in [0.717, 1.165) is 17.0 Å². The van der Waals surface area contributed by atoms with E-state index in [-0.39, 0.29) is 11.9 Å². The summed E-state index contributed by atoms with van der Waals surface area (Å²) in [6, 6.07) is 0. The molecule has 0 saturated carbocycles. The maximum Gasteiger partial charge on any atom is 0.340 e. The van der Waals surface area contributed by atoms with Crippen LogP contribution in [0.15, 0.2) is 0 Å². The van der Waals surface area contributed by atoms with Gasteiger partial charge >= 0.3 is 5.97 Å². The molecule has 1 amide bonds. The van der Waals surface area contributed by atoms with Crippen LogP contribution in [0.4, 0.5) is 0 Å². The summed E-state index contributed by atoms with van der Waals surface area (Å²) in [6.07, 6.45) is 1.07. The van der Waals surface area contributed by atoms with Gasteiger partial charge in [-0.2, -0.15) is 0 Å². The summed E-state index contributed by atoms with van der Waals surface area (Å²) < 4.78 is 12.4. The molecule has 0 spiro atoms. The first kappa shape index (κ1) is 17.5. The van der Waals surface area contributed by atoms with Gasteiger partial charge in [-0.15, -0.1) is 0 Å². The minimum Gasteiger partial charge on any atom is -0.462 e. The molecule has 1 aliphatic heterocycles. The second-order valence-electron chi connectivity index (χ2n) is 5.80. The molecule has 0 bridgehead atoms. The molecule has 0 radical (unpaired) electrons. The van der Waals surface area contributed by atoms with E-state index < -0.39 is 0 Å². The van der Waals surface area contributed by atoms with Crippen molar-refractivity contribution >= 4 is 11.9 Å². The molecule has 1 aromatic rings. The van der Waals surface area contributed by atoms with Crippen molar-refractivity contribution < 1.29 is 19.1 Å². The third kappa shape index (κ3) is 3.75. The molecule has 0 aromatic carbocycles. The lowest BCUT2D eigenvalue weighted by atomic mass is 10.1. The van der Waals surface area contributed by atoms with Gasteiger partial charge in [0.15, 0.2) is 0 Å². The molecule has 0 unspecified atom stereocenters. The van der Waals surface area contributed by atoms with Gasteiger partial charge in [0.1, 0.15) is 0 Å². The molecule has 1 aliphatic rings.